The number of hydrogen-bond acceptors (Lipinski definition) is 8. The number of ether oxygens (including phenoxy) is 2. The van der Waals surface area contributed by atoms with Gasteiger partial charge in [0.25, 0.3) is 11.8 Å². The van der Waals surface area contributed by atoms with E-state index in [1.165, 1.54) is 6.07 Å². The summed E-state index contributed by atoms with van der Waals surface area (Å²) in [4.78, 5) is 35.1. The van der Waals surface area contributed by atoms with Gasteiger partial charge in [-0.15, -0.1) is 12.4 Å². The molecule has 0 fully saturated rings. The zero-order valence-electron chi connectivity index (χ0n) is 15.2. The van der Waals surface area contributed by atoms with Crippen LogP contribution in [0.1, 0.15) is 16.1 Å². The maximum Gasteiger partial charge on any atom is 0.408 e. The predicted octanol–water partition coefficient (Wildman–Crippen LogP) is 0.543. The summed E-state index contributed by atoms with van der Waals surface area (Å²) in [7, 11) is 0. The molecular weight excluding hydrogens is 408 g/mol. The van der Waals surface area contributed by atoms with Gasteiger partial charge >= 0.3 is 12.1 Å². The first kappa shape index (κ1) is 23.7. The van der Waals surface area contributed by atoms with Gasteiger partial charge in [0.15, 0.2) is 0 Å². The fourth-order valence-electron chi connectivity index (χ4n) is 1.99. The molecule has 0 bridgehead atoms. The van der Waals surface area contributed by atoms with E-state index in [4.69, 9.17) is 19.7 Å². The number of nitrogens with two attached hydrogens (primary N) is 1. The van der Waals surface area contributed by atoms with Crippen LogP contribution in [-0.4, -0.2) is 54.0 Å². The Morgan fingerprint density at radius 1 is 1.24 bits per heavy atom. The molecule has 29 heavy (non-hydrogen) atoms. The molecule has 0 saturated carbocycles. The van der Waals surface area contributed by atoms with Crippen LogP contribution in [0.5, 0.6) is 5.88 Å². The van der Waals surface area contributed by atoms with E-state index in [-0.39, 0.29) is 43.8 Å². The Hall–Kier alpha value is -3.31. The van der Waals surface area contributed by atoms with Crippen molar-refractivity contribution in [3.05, 3.63) is 47.7 Å². The van der Waals surface area contributed by atoms with Crippen molar-refractivity contribution in [2.24, 2.45) is 5.73 Å². The summed E-state index contributed by atoms with van der Waals surface area (Å²) in [6, 6.07) is 8.72. The third kappa shape index (κ3) is 8.07. The zero-order valence-corrected chi connectivity index (χ0v) is 16.0. The van der Waals surface area contributed by atoms with E-state index in [0.717, 1.165) is 5.56 Å². The Morgan fingerprint density at radius 2 is 1.97 bits per heavy atom. The molecule has 1 aromatic heterocycles. The van der Waals surface area contributed by atoms with Gasteiger partial charge in [-0.3, -0.25) is 4.79 Å². The van der Waals surface area contributed by atoms with Crippen molar-refractivity contribution >= 4 is 30.4 Å². The molecule has 0 spiro atoms. The molecule has 0 aliphatic heterocycles. The second kappa shape index (κ2) is 12.2. The number of amides is 2. The summed E-state index contributed by atoms with van der Waals surface area (Å²) in [6.45, 7) is 0.0493. The van der Waals surface area contributed by atoms with Crippen LogP contribution in [0.3, 0.4) is 0 Å². The fourth-order valence-corrected chi connectivity index (χ4v) is 1.99. The first-order chi connectivity index (χ1) is 13.5. The number of hydrogen-bond donors (Lipinski definition) is 4. The minimum Gasteiger partial charge on any atom is -0.480 e. The van der Waals surface area contributed by atoms with E-state index in [9.17, 15) is 19.5 Å². The predicted molar refractivity (Wildman–Crippen MR) is 102 cm³/mol. The molecule has 1 heterocycles. The molecule has 158 valence electrons. The van der Waals surface area contributed by atoms with E-state index >= 15 is 0 Å². The van der Waals surface area contributed by atoms with Crippen molar-refractivity contribution in [2.75, 3.05) is 19.7 Å². The second-order valence-electron chi connectivity index (χ2n) is 5.47. The quantitative estimate of drug-likeness (QED) is 0.422. The first-order valence-corrected chi connectivity index (χ1v) is 8.27. The maximum absolute atomic E-state index is 12.0. The number of aliphatic carboxylic acids is 1. The number of carboxylic acid groups (broad SMARTS) is 1. The lowest BCUT2D eigenvalue weighted by Crippen LogP contribution is -2.48. The fraction of sp³-hybridized carbons (Fsp3) is 0.294. The first-order valence-electron chi connectivity index (χ1n) is 8.27. The van der Waals surface area contributed by atoms with Gasteiger partial charge in [0.1, 0.15) is 19.3 Å². The van der Waals surface area contributed by atoms with Gasteiger partial charge in [0.05, 0.1) is 6.07 Å². The van der Waals surface area contributed by atoms with E-state index in [1.54, 1.807) is 24.3 Å². The topological polar surface area (TPSA) is 166 Å². The summed E-state index contributed by atoms with van der Waals surface area (Å²) in [5.74, 6) is -2.17. The van der Waals surface area contributed by atoms with Crippen molar-refractivity contribution in [1.82, 2.24) is 15.8 Å². The Balaban J connectivity index is 0.00000420. The summed E-state index contributed by atoms with van der Waals surface area (Å²) in [5, 5.41) is 17.2. The Bertz CT molecular complexity index is 800. The summed E-state index contributed by atoms with van der Waals surface area (Å²) in [6.07, 6.45) is -0.928. The van der Waals surface area contributed by atoms with Crippen LogP contribution in [0.4, 0.5) is 4.79 Å². The van der Waals surface area contributed by atoms with Gasteiger partial charge in [-0.25, -0.2) is 9.59 Å². The van der Waals surface area contributed by atoms with Gasteiger partial charge in [-0.2, -0.15) is 0 Å². The number of aromatic nitrogens is 1. The minimum atomic E-state index is -1.40. The number of carbonyl (C=O) groups excluding carboxylic acids is 2. The van der Waals surface area contributed by atoms with E-state index < -0.39 is 30.6 Å². The molecule has 5 N–H and O–H groups in total. The molecule has 0 radical (unpaired) electrons. The lowest BCUT2D eigenvalue weighted by atomic mass is 10.2. The van der Waals surface area contributed by atoms with Crippen molar-refractivity contribution in [3.63, 3.8) is 0 Å². The molecule has 1 unspecified atom stereocenters. The van der Waals surface area contributed by atoms with Crippen LogP contribution in [0.15, 0.2) is 40.9 Å². The van der Waals surface area contributed by atoms with Crippen molar-refractivity contribution in [1.29, 1.82) is 0 Å². The minimum absolute atomic E-state index is 0. The monoisotopic (exact) mass is 428 g/mol. The zero-order chi connectivity index (χ0) is 20.4. The maximum atomic E-state index is 12.0. The van der Waals surface area contributed by atoms with Crippen molar-refractivity contribution in [2.45, 2.75) is 12.6 Å². The number of nitrogens with zero attached hydrogens (tertiary/aromatic N) is 1. The standard InChI is InChI=1S/C17H20N4O7.ClH/c18-6-7-26-14-8-13(28-21-14)15(22)19-9-12(16(23)24)20-17(25)27-10-11-4-2-1-3-5-11;/h1-5,8,12H,6-7,9-10,18H2,(H,19,22)(H,20,25)(H,23,24);1H. The number of carbonyl (C=O) groups is 3. The van der Waals surface area contributed by atoms with Gasteiger partial charge in [0, 0.05) is 13.1 Å². The van der Waals surface area contributed by atoms with Crippen LogP contribution >= 0.6 is 12.4 Å². The van der Waals surface area contributed by atoms with Crippen LogP contribution < -0.4 is 21.1 Å². The van der Waals surface area contributed by atoms with Gasteiger partial charge in [0.2, 0.25) is 5.76 Å². The highest BCUT2D eigenvalue weighted by atomic mass is 35.5. The number of rotatable bonds is 10. The van der Waals surface area contributed by atoms with E-state index in [0.29, 0.717) is 0 Å². The Labute approximate surface area is 171 Å². The molecule has 0 saturated heterocycles. The van der Waals surface area contributed by atoms with Crippen molar-refractivity contribution in [3.8, 4) is 5.88 Å². The number of halogens is 1. The number of alkyl carbamates (subject to hydrolysis) is 1. The molecule has 0 aliphatic rings. The number of nitrogens with one attached hydrogen (secondary N) is 2. The van der Waals surface area contributed by atoms with Gasteiger partial charge < -0.3 is 35.5 Å². The molecule has 2 aromatic rings. The highest BCUT2D eigenvalue weighted by Crippen LogP contribution is 2.10. The lowest BCUT2D eigenvalue weighted by molar-refractivity contribution is -0.139. The van der Waals surface area contributed by atoms with Gasteiger partial charge in [-0.05, 0) is 10.7 Å². The molecule has 2 amide bonds. The Morgan fingerprint density at radius 3 is 2.62 bits per heavy atom. The number of carboxylic acids is 1. The molecular formula is C17H21ClN4O7. The third-order valence-electron chi connectivity index (χ3n) is 3.35. The molecule has 1 aromatic carbocycles. The van der Waals surface area contributed by atoms with Crippen molar-refractivity contribution < 1.29 is 33.5 Å². The molecule has 11 nitrogen and oxygen atoms in total. The normalized spacial score (nSPS) is 10.9. The average molecular weight is 429 g/mol. The molecule has 1 atom stereocenters. The molecule has 2 rings (SSSR count). The third-order valence-corrected chi connectivity index (χ3v) is 3.35. The second-order valence-corrected chi connectivity index (χ2v) is 5.47. The summed E-state index contributed by atoms with van der Waals surface area (Å²) in [5.41, 5.74) is 6.03. The smallest absolute Gasteiger partial charge is 0.408 e. The van der Waals surface area contributed by atoms with Gasteiger partial charge in [-0.1, -0.05) is 30.3 Å². The van der Waals surface area contributed by atoms with E-state index in [2.05, 4.69) is 15.8 Å². The molecule has 12 heteroatoms. The van der Waals surface area contributed by atoms with Crippen LogP contribution in [0, 0.1) is 0 Å². The highest BCUT2D eigenvalue weighted by Gasteiger charge is 2.23. The Kier molecular flexibility index (Phi) is 9.99. The number of benzene rings is 1. The largest absolute Gasteiger partial charge is 0.480 e. The van der Waals surface area contributed by atoms with Crippen LogP contribution in [0.25, 0.3) is 0 Å². The van der Waals surface area contributed by atoms with E-state index in [1.807, 2.05) is 6.07 Å². The SMILES string of the molecule is Cl.NCCOc1cc(C(=O)NCC(NC(=O)OCc2ccccc2)C(=O)O)on1. The van der Waals surface area contributed by atoms with Crippen LogP contribution in [-0.2, 0) is 16.1 Å². The molecule has 0 aliphatic carbocycles. The summed E-state index contributed by atoms with van der Waals surface area (Å²) < 4.78 is 14.8. The lowest BCUT2D eigenvalue weighted by Gasteiger charge is -2.15. The average Bonchev–Trinajstić information content (AvgIpc) is 3.17. The highest BCUT2D eigenvalue weighted by molar-refractivity contribution is 5.92. The van der Waals surface area contributed by atoms with Crippen LogP contribution in [0.2, 0.25) is 0 Å². The summed E-state index contributed by atoms with van der Waals surface area (Å²) >= 11 is 0.